The number of aromatic nitrogens is 2. The summed E-state index contributed by atoms with van der Waals surface area (Å²) < 4.78 is 12.0. The largest absolute Gasteiger partial charge is 0.454 e. The summed E-state index contributed by atoms with van der Waals surface area (Å²) in [6, 6.07) is 5.12. The van der Waals surface area contributed by atoms with Crippen LogP contribution in [0.1, 0.15) is 16.1 Å². The van der Waals surface area contributed by atoms with Gasteiger partial charge in [0.15, 0.2) is 11.5 Å². The van der Waals surface area contributed by atoms with Crippen LogP contribution in [0.2, 0.25) is 0 Å². The lowest BCUT2D eigenvalue weighted by Gasteiger charge is -2.06. The maximum Gasteiger partial charge on any atom is 0.263 e. The van der Waals surface area contributed by atoms with Gasteiger partial charge in [0.1, 0.15) is 6.33 Å². The molecule has 6 nitrogen and oxygen atoms in total. The summed E-state index contributed by atoms with van der Waals surface area (Å²) in [5.74, 6) is 1.09. The Balaban J connectivity index is 1.93. The molecule has 6 heteroatoms. The molecule has 3 rings (SSSR count). The van der Waals surface area contributed by atoms with E-state index in [0.717, 1.165) is 5.69 Å². The van der Waals surface area contributed by atoms with Gasteiger partial charge in [-0.3, -0.25) is 9.36 Å². The summed E-state index contributed by atoms with van der Waals surface area (Å²) in [7, 11) is 0. The van der Waals surface area contributed by atoms with Gasteiger partial charge < -0.3 is 15.2 Å². The van der Waals surface area contributed by atoms with Crippen LogP contribution >= 0.6 is 0 Å². The Hall–Kier alpha value is -2.34. The van der Waals surface area contributed by atoms with E-state index in [4.69, 9.17) is 15.2 Å². The minimum absolute atomic E-state index is 0.153. The normalized spacial score (nSPS) is 12.7. The van der Waals surface area contributed by atoms with Gasteiger partial charge in [-0.15, -0.1) is 0 Å². The number of carbonyl (C=O) groups is 1. The molecule has 1 aliphatic heterocycles. The third-order valence-corrected chi connectivity index (χ3v) is 2.95. The van der Waals surface area contributed by atoms with E-state index in [0.29, 0.717) is 30.0 Å². The molecule has 0 radical (unpaired) electrons. The third-order valence-electron chi connectivity index (χ3n) is 2.95. The maximum atomic E-state index is 12.4. The van der Waals surface area contributed by atoms with Gasteiger partial charge in [-0.25, -0.2) is 4.98 Å². The molecule has 2 aromatic rings. The fourth-order valence-corrected chi connectivity index (χ4v) is 2.01. The minimum Gasteiger partial charge on any atom is -0.454 e. The van der Waals surface area contributed by atoms with Crippen molar-refractivity contribution in [3.05, 3.63) is 42.0 Å². The molecule has 1 aromatic heterocycles. The monoisotopic (exact) mass is 259 g/mol. The van der Waals surface area contributed by atoms with Crippen molar-refractivity contribution < 1.29 is 14.3 Å². The Bertz CT molecular complexity index is 621. The van der Waals surface area contributed by atoms with E-state index < -0.39 is 0 Å². The fourth-order valence-electron chi connectivity index (χ4n) is 2.01. The SMILES string of the molecule is NCCc1cncn1C(=O)c1ccc2c(c1)OCO2. The quantitative estimate of drug-likeness (QED) is 0.882. The minimum atomic E-state index is -0.153. The second kappa shape index (κ2) is 4.74. The Morgan fingerprint density at radius 3 is 3.05 bits per heavy atom. The van der Waals surface area contributed by atoms with Crippen LogP contribution in [0.25, 0.3) is 0 Å². The first-order chi connectivity index (χ1) is 9.29. The van der Waals surface area contributed by atoms with Gasteiger partial charge in [-0.1, -0.05) is 0 Å². The topological polar surface area (TPSA) is 79.4 Å². The molecule has 0 aliphatic carbocycles. The number of imidazole rings is 1. The van der Waals surface area contributed by atoms with Gasteiger partial charge in [0.05, 0.1) is 0 Å². The van der Waals surface area contributed by atoms with Crippen molar-refractivity contribution in [1.82, 2.24) is 9.55 Å². The van der Waals surface area contributed by atoms with Crippen molar-refractivity contribution in [2.45, 2.75) is 6.42 Å². The van der Waals surface area contributed by atoms with Gasteiger partial charge in [0.2, 0.25) is 6.79 Å². The second-order valence-electron chi connectivity index (χ2n) is 4.17. The lowest BCUT2D eigenvalue weighted by atomic mass is 10.2. The van der Waals surface area contributed by atoms with Crippen LogP contribution in [0.5, 0.6) is 11.5 Å². The highest BCUT2D eigenvalue weighted by Gasteiger charge is 2.18. The Morgan fingerprint density at radius 2 is 2.21 bits per heavy atom. The molecule has 1 aromatic carbocycles. The number of benzene rings is 1. The first-order valence-electron chi connectivity index (χ1n) is 5.95. The van der Waals surface area contributed by atoms with E-state index in [-0.39, 0.29) is 12.7 Å². The third kappa shape index (κ3) is 2.06. The van der Waals surface area contributed by atoms with Crippen molar-refractivity contribution in [2.75, 3.05) is 13.3 Å². The Labute approximate surface area is 109 Å². The van der Waals surface area contributed by atoms with Crippen LogP contribution in [0, 0.1) is 0 Å². The average molecular weight is 259 g/mol. The smallest absolute Gasteiger partial charge is 0.263 e. The molecule has 19 heavy (non-hydrogen) atoms. The molecule has 0 fully saturated rings. The number of hydrogen-bond acceptors (Lipinski definition) is 5. The second-order valence-corrected chi connectivity index (χ2v) is 4.17. The van der Waals surface area contributed by atoms with Crippen LogP contribution in [-0.2, 0) is 6.42 Å². The van der Waals surface area contributed by atoms with Crippen molar-refractivity contribution >= 4 is 5.91 Å². The predicted octanol–water partition coefficient (Wildman–Crippen LogP) is 0.801. The molecule has 0 unspecified atom stereocenters. The lowest BCUT2D eigenvalue weighted by Crippen LogP contribution is -2.16. The zero-order valence-corrected chi connectivity index (χ0v) is 10.2. The van der Waals surface area contributed by atoms with Gasteiger partial charge >= 0.3 is 0 Å². The highest BCUT2D eigenvalue weighted by Crippen LogP contribution is 2.32. The number of nitrogens with two attached hydrogens (primary N) is 1. The fraction of sp³-hybridized carbons (Fsp3) is 0.231. The van der Waals surface area contributed by atoms with Crippen LogP contribution in [-0.4, -0.2) is 28.8 Å². The van der Waals surface area contributed by atoms with Crippen molar-refractivity contribution in [2.24, 2.45) is 5.73 Å². The molecule has 0 saturated heterocycles. The molecule has 0 bridgehead atoms. The summed E-state index contributed by atoms with van der Waals surface area (Å²) in [4.78, 5) is 16.4. The number of hydrogen-bond donors (Lipinski definition) is 1. The molecular weight excluding hydrogens is 246 g/mol. The highest BCUT2D eigenvalue weighted by atomic mass is 16.7. The van der Waals surface area contributed by atoms with E-state index >= 15 is 0 Å². The van der Waals surface area contributed by atoms with Crippen molar-refractivity contribution in [3.8, 4) is 11.5 Å². The summed E-state index contributed by atoms with van der Waals surface area (Å²) in [6.07, 6.45) is 3.76. The Morgan fingerprint density at radius 1 is 1.37 bits per heavy atom. The number of fused-ring (bicyclic) bond motifs is 1. The number of ether oxygens (including phenoxy) is 2. The average Bonchev–Trinajstić information content (AvgIpc) is 3.05. The number of nitrogens with zero attached hydrogens (tertiary/aromatic N) is 2. The number of carbonyl (C=O) groups excluding carboxylic acids is 1. The van der Waals surface area contributed by atoms with Gasteiger partial charge in [0.25, 0.3) is 5.91 Å². The molecule has 2 heterocycles. The maximum absolute atomic E-state index is 12.4. The molecule has 0 saturated carbocycles. The number of rotatable bonds is 3. The zero-order valence-electron chi connectivity index (χ0n) is 10.2. The van der Waals surface area contributed by atoms with E-state index in [1.54, 1.807) is 24.4 Å². The van der Waals surface area contributed by atoms with Gasteiger partial charge in [-0.05, 0) is 24.7 Å². The lowest BCUT2D eigenvalue weighted by molar-refractivity contribution is 0.0956. The van der Waals surface area contributed by atoms with Crippen LogP contribution < -0.4 is 15.2 Å². The Kier molecular flexibility index (Phi) is 2.92. The first-order valence-corrected chi connectivity index (χ1v) is 5.95. The summed E-state index contributed by atoms with van der Waals surface area (Å²) >= 11 is 0. The van der Waals surface area contributed by atoms with Gasteiger partial charge in [-0.2, -0.15) is 0 Å². The van der Waals surface area contributed by atoms with Crippen molar-refractivity contribution in [1.29, 1.82) is 0 Å². The molecule has 0 atom stereocenters. The zero-order chi connectivity index (χ0) is 13.2. The first kappa shape index (κ1) is 11.7. The molecule has 0 amide bonds. The van der Waals surface area contributed by atoms with Crippen LogP contribution in [0.15, 0.2) is 30.7 Å². The molecular formula is C13H13N3O3. The van der Waals surface area contributed by atoms with E-state index in [9.17, 15) is 4.79 Å². The van der Waals surface area contributed by atoms with E-state index in [1.807, 2.05) is 0 Å². The molecule has 98 valence electrons. The van der Waals surface area contributed by atoms with Crippen LogP contribution in [0.3, 0.4) is 0 Å². The summed E-state index contributed by atoms with van der Waals surface area (Å²) in [5.41, 5.74) is 6.84. The highest BCUT2D eigenvalue weighted by molar-refractivity contribution is 5.97. The predicted molar refractivity (Wildman–Crippen MR) is 67.3 cm³/mol. The van der Waals surface area contributed by atoms with Gasteiger partial charge in [0, 0.05) is 23.9 Å². The molecule has 1 aliphatic rings. The van der Waals surface area contributed by atoms with Crippen molar-refractivity contribution in [3.63, 3.8) is 0 Å². The van der Waals surface area contributed by atoms with E-state index in [1.165, 1.54) is 10.9 Å². The summed E-state index contributed by atoms with van der Waals surface area (Å²) in [5, 5.41) is 0. The standard InChI is InChI=1S/C13H13N3O3/c14-4-3-10-6-15-7-16(10)13(17)9-1-2-11-12(5-9)19-8-18-11/h1-2,5-7H,3-4,8,14H2. The molecule has 0 spiro atoms. The van der Waals surface area contributed by atoms with Crippen LogP contribution in [0.4, 0.5) is 0 Å². The molecule has 2 N–H and O–H groups in total. The van der Waals surface area contributed by atoms with E-state index in [2.05, 4.69) is 4.98 Å². The summed E-state index contributed by atoms with van der Waals surface area (Å²) in [6.45, 7) is 0.663.